The maximum atomic E-state index is 13.0. The van der Waals surface area contributed by atoms with Crippen LogP contribution in [0.15, 0.2) is 59.1 Å². The molecule has 0 fully saturated rings. The standard InChI is InChI=1S/C24H24N4O5/c1-27(2)23(30)16-9-10-21-20(12-16)28(3)24(31)19(14-32-21)25-22(29)18-13-17(33-26-18)11-15-7-5-4-6-8-15/h4-10,12-13,19H,11,14H2,1-3H3,(H,25,29)/t19-/m0/s1. The van der Waals surface area contributed by atoms with Gasteiger partial charge in [-0.1, -0.05) is 35.5 Å². The zero-order valence-corrected chi connectivity index (χ0v) is 18.6. The molecule has 0 aliphatic carbocycles. The van der Waals surface area contributed by atoms with Crippen molar-refractivity contribution in [2.45, 2.75) is 12.5 Å². The highest BCUT2D eigenvalue weighted by Gasteiger charge is 2.32. The molecule has 0 bridgehead atoms. The largest absolute Gasteiger partial charge is 0.489 e. The molecule has 3 aromatic rings. The Morgan fingerprint density at radius 3 is 2.64 bits per heavy atom. The molecular weight excluding hydrogens is 424 g/mol. The third-order valence-corrected chi connectivity index (χ3v) is 5.33. The Morgan fingerprint density at radius 2 is 1.91 bits per heavy atom. The number of rotatable bonds is 5. The van der Waals surface area contributed by atoms with Crippen molar-refractivity contribution in [3.63, 3.8) is 0 Å². The van der Waals surface area contributed by atoms with Crippen LogP contribution in [0.3, 0.4) is 0 Å². The van der Waals surface area contributed by atoms with E-state index in [1.807, 2.05) is 30.3 Å². The first-order valence-electron chi connectivity index (χ1n) is 10.4. The van der Waals surface area contributed by atoms with E-state index in [4.69, 9.17) is 9.26 Å². The van der Waals surface area contributed by atoms with Crippen molar-refractivity contribution in [2.75, 3.05) is 32.6 Å². The fourth-order valence-electron chi connectivity index (χ4n) is 3.53. The van der Waals surface area contributed by atoms with Crippen LogP contribution in [0.2, 0.25) is 0 Å². The summed E-state index contributed by atoms with van der Waals surface area (Å²) >= 11 is 0. The normalized spacial score (nSPS) is 15.3. The number of hydrogen-bond donors (Lipinski definition) is 1. The summed E-state index contributed by atoms with van der Waals surface area (Å²) in [4.78, 5) is 40.9. The Kier molecular flexibility index (Phi) is 6.12. The van der Waals surface area contributed by atoms with Gasteiger partial charge >= 0.3 is 0 Å². The molecule has 0 saturated carbocycles. The summed E-state index contributed by atoms with van der Waals surface area (Å²) in [6.07, 6.45) is 0.499. The second kappa shape index (κ2) is 9.15. The predicted molar refractivity (Wildman–Crippen MR) is 120 cm³/mol. The van der Waals surface area contributed by atoms with Crippen LogP contribution in [0.5, 0.6) is 5.75 Å². The van der Waals surface area contributed by atoms with Gasteiger partial charge in [0.1, 0.15) is 24.2 Å². The maximum Gasteiger partial charge on any atom is 0.274 e. The van der Waals surface area contributed by atoms with E-state index in [0.717, 1.165) is 5.56 Å². The first-order valence-corrected chi connectivity index (χ1v) is 10.4. The SMILES string of the molecule is CN(C)C(=O)c1ccc2c(c1)N(C)C(=O)[C@@H](NC(=O)c1cc(Cc3ccccc3)on1)CO2. The number of fused-ring (bicyclic) bond motifs is 1. The van der Waals surface area contributed by atoms with Gasteiger partial charge in [-0.2, -0.15) is 0 Å². The molecule has 1 atom stereocenters. The molecule has 2 aromatic carbocycles. The Bertz CT molecular complexity index is 1190. The molecule has 1 N–H and O–H groups in total. The molecule has 3 amide bonds. The van der Waals surface area contributed by atoms with Gasteiger partial charge in [-0.25, -0.2) is 0 Å². The zero-order valence-electron chi connectivity index (χ0n) is 18.6. The van der Waals surface area contributed by atoms with Crippen LogP contribution in [0, 0.1) is 0 Å². The fourth-order valence-corrected chi connectivity index (χ4v) is 3.53. The Balaban J connectivity index is 1.46. The van der Waals surface area contributed by atoms with Gasteiger partial charge in [0.05, 0.1) is 5.69 Å². The van der Waals surface area contributed by atoms with Crippen molar-refractivity contribution in [2.24, 2.45) is 0 Å². The third kappa shape index (κ3) is 4.72. The van der Waals surface area contributed by atoms with Gasteiger partial charge in [-0.15, -0.1) is 0 Å². The van der Waals surface area contributed by atoms with E-state index in [9.17, 15) is 14.4 Å². The number of carbonyl (C=O) groups is 3. The van der Waals surface area contributed by atoms with Crippen LogP contribution in [-0.4, -0.2) is 61.6 Å². The number of carbonyl (C=O) groups excluding carboxylic acids is 3. The maximum absolute atomic E-state index is 13.0. The van der Waals surface area contributed by atoms with E-state index in [0.29, 0.717) is 29.2 Å². The zero-order chi connectivity index (χ0) is 23.5. The number of nitrogens with zero attached hydrogens (tertiary/aromatic N) is 3. The number of anilines is 1. The lowest BCUT2D eigenvalue weighted by Crippen LogP contribution is -2.49. The van der Waals surface area contributed by atoms with E-state index in [1.165, 1.54) is 9.80 Å². The van der Waals surface area contributed by atoms with Gasteiger partial charge in [0.25, 0.3) is 17.7 Å². The first kappa shape index (κ1) is 22.1. The highest BCUT2D eigenvalue weighted by molar-refractivity contribution is 6.04. The highest BCUT2D eigenvalue weighted by Crippen LogP contribution is 2.32. The first-order chi connectivity index (χ1) is 15.8. The molecule has 0 radical (unpaired) electrons. The summed E-state index contributed by atoms with van der Waals surface area (Å²) in [5.74, 6) is -0.112. The van der Waals surface area contributed by atoms with Gasteiger partial charge < -0.3 is 24.4 Å². The van der Waals surface area contributed by atoms with Crippen LogP contribution in [0.4, 0.5) is 5.69 Å². The molecule has 4 rings (SSSR count). The van der Waals surface area contributed by atoms with E-state index >= 15 is 0 Å². The minimum Gasteiger partial charge on any atom is -0.489 e. The lowest BCUT2D eigenvalue weighted by molar-refractivity contribution is -0.120. The number of benzene rings is 2. The van der Waals surface area contributed by atoms with Crippen LogP contribution in [0.25, 0.3) is 0 Å². The Morgan fingerprint density at radius 1 is 1.15 bits per heavy atom. The topological polar surface area (TPSA) is 105 Å². The molecule has 9 nitrogen and oxygen atoms in total. The number of amides is 3. The van der Waals surface area contributed by atoms with Crippen LogP contribution in [0.1, 0.15) is 32.2 Å². The van der Waals surface area contributed by atoms with Crippen molar-refractivity contribution in [3.8, 4) is 5.75 Å². The lowest BCUT2D eigenvalue weighted by atomic mass is 10.1. The molecule has 0 spiro atoms. The number of aromatic nitrogens is 1. The van der Waals surface area contributed by atoms with Gasteiger partial charge in [-0.05, 0) is 23.8 Å². The van der Waals surface area contributed by atoms with Crippen molar-refractivity contribution >= 4 is 23.4 Å². The summed E-state index contributed by atoms with van der Waals surface area (Å²) in [5, 5.41) is 6.51. The molecule has 170 valence electrons. The van der Waals surface area contributed by atoms with Crippen LogP contribution < -0.4 is 15.0 Å². The molecule has 2 heterocycles. The predicted octanol–water partition coefficient (Wildman–Crippen LogP) is 2.12. The summed E-state index contributed by atoms with van der Waals surface area (Å²) in [6, 6.07) is 15.2. The lowest BCUT2D eigenvalue weighted by Gasteiger charge is -2.20. The molecule has 9 heteroatoms. The molecule has 0 unspecified atom stereocenters. The average Bonchev–Trinajstić information content (AvgIpc) is 3.25. The number of likely N-dealkylation sites (N-methyl/N-ethyl adjacent to an activating group) is 1. The average molecular weight is 448 g/mol. The highest BCUT2D eigenvalue weighted by atomic mass is 16.5. The summed E-state index contributed by atoms with van der Waals surface area (Å²) < 4.78 is 11.1. The Hall–Kier alpha value is -4.14. The number of nitrogens with one attached hydrogen (secondary N) is 1. The van der Waals surface area contributed by atoms with Crippen molar-refractivity contribution < 1.29 is 23.6 Å². The monoisotopic (exact) mass is 448 g/mol. The summed E-state index contributed by atoms with van der Waals surface area (Å²) in [7, 11) is 4.88. The van der Waals surface area contributed by atoms with E-state index in [2.05, 4.69) is 10.5 Å². The molecule has 1 aliphatic rings. The Labute approximate surface area is 190 Å². The number of ether oxygens (including phenoxy) is 1. The number of hydrogen-bond acceptors (Lipinski definition) is 6. The van der Waals surface area contributed by atoms with E-state index in [-0.39, 0.29) is 24.1 Å². The van der Waals surface area contributed by atoms with Gasteiger partial charge in [0.15, 0.2) is 5.69 Å². The third-order valence-electron chi connectivity index (χ3n) is 5.33. The summed E-state index contributed by atoms with van der Waals surface area (Å²) in [6.45, 7) is -0.0579. The van der Waals surface area contributed by atoms with Gasteiger partial charge in [0.2, 0.25) is 0 Å². The minimum atomic E-state index is -0.933. The molecule has 0 saturated heterocycles. The van der Waals surface area contributed by atoms with Gasteiger partial charge in [-0.3, -0.25) is 14.4 Å². The minimum absolute atomic E-state index is 0.0579. The summed E-state index contributed by atoms with van der Waals surface area (Å²) in [5.41, 5.74) is 1.99. The fraction of sp³-hybridized carbons (Fsp3) is 0.250. The second-order valence-electron chi connectivity index (χ2n) is 7.96. The molecule has 1 aliphatic heterocycles. The van der Waals surface area contributed by atoms with Gasteiger partial charge in [0, 0.05) is 39.2 Å². The van der Waals surface area contributed by atoms with Crippen LogP contribution in [-0.2, 0) is 11.2 Å². The second-order valence-corrected chi connectivity index (χ2v) is 7.96. The van der Waals surface area contributed by atoms with E-state index in [1.54, 1.807) is 45.4 Å². The smallest absolute Gasteiger partial charge is 0.274 e. The van der Waals surface area contributed by atoms with Crippen LogP contribution >= 0.6 is 0 Å². The van der Waals surface area contributed by atoms with Crippen molar-refractivity contribution in [3.05, 3.63) is 77.2 Å². The van der Waals surface area contributed by atoms with E-state index < -0.39 is 11.9 Å². The molecule has 33 heavy (non-hydrogen) atoms. The quantitative estimate of drug-likeness (QED) is 0.641. The van der Waals surface area contributed by atoms with Crippen molar-refractivity contribution in [1.82, 2.24) is 15.4 Å². The molecule has 1 aromatic heterocycles. The van der Waals surface area contributed by atoms with Crippen molar-refractivity contribution in [1.29, 1.82) is 0 Å². The molecular formula is C24H24N4O5.